The Kier molecular flexibility index (Phi) is 3.19. The van der Waals surface area contributed by atoms with Gasteiger partial charge < -0.3 is 9.90 Å². The zero-order chi connectivity index (χ0) is 12.3. The van der Waals surface area contributed by atoms with E-state index in [-0.39, 0.29) is 11.3 Å². The number of benzene rings is 2. The lowest BCUT2D eigenvalue weighted by Crippen LogP contribution is -2.05. The molecule has 0 amide bonds. The van der Waals surface area contributed by atoms with Crippen molar-refractivity contribution in [2.24, 2.45) is 0 Å². The van der Waals surface area contributed by atoms with Gasteiger partial charge in [-0.1, -0.05) is 36.4 Å². The quantitative estimate of drug-likeness (QED) is 0.823. The van der Waals surface area contributed by atoms with Crippen LogP contribution in [-0.4, -0.2) is 11.4 Å². The fraction of sp³-hybridized carbons (Fsp3) is 0.0714. The minimum absolute atomic E-state index is 0.00662. The summed E-state index contributed by atoms with van der Waals surface area (Å²) in [6, 6.07) is 12.5. The van der Waals surface area contributed by atoms with Gasteiger partial charge >= 0.3 is 0 Å². The molecule has 0 saturated heterocycles. The predicted octanol–water partition coefficient (Wildman–Crippen LogP) is 2.86. The molecule has 1 N–H and O–H groups in total. The summed E-state index contributed by atoms with van der Waals surface area (Å²) in [5, 5.41) is 9.68. The number of carbonyl (C=O) groups is 1. The van der Waals surface area contributed by atoms with Crippen molar-refractivity contribution in [3.05, 3.63) is 65.5 Å². The summed E-state index contributed by atoms with van der Waals surface area (Å²) in [6.07, 6.45) is 0.632. The molecule has 0 aliphatic rings. The molecule has 0 heterocycles. The molecule has 0 fully saturated rings. The number of para-hydroxylation sites is 1. The fourth-order valence-corrected chi connectivity index (χ4v) is 1.79. The number of phenols is 1. The minimum atomic E-state index is -0.780. The molecule has 1 unspecified atom stereocenters. The van der Waals surface area contributed by atoms with E-state index in [1.54, 1.807) is 36.4 Å². The molecule has 86 valence electrons. The third-order valence-corrected chi connectivity index (χ3v) is 2.65. The molecular formula is C14H11FO2. The zero-order valence-electron chi connectivity index (χ0n) is 9.01. The van der Waals surface area contributed by atoms with Gasteiger partial charge in [-0.05, 0) is 12.1 Å². The third kappa shape index (κ3) is 2.18. The Labute approximate surface area is 98.3 Å². The molecule has 0 radical (unpaired) electrons. The van der Waals surface area contributed by atoms with Gasteiger partial charge in [0.15, 0.2) is 0 Å². The molecular weight excluding hydrogens is 219 g/mol. The van der Waals surface area contributed by atoms with Crippen molar-refractivity contribution in [1.29, 1.82) is 0 Å². The highest BCUT2D eigenvalue weighted by molar-refractivity contribution is 5.70. The maximum atomic E-state index is 13.6. The summed E-state index contributed by atoms with van der Waals surface area (Å²) in [4.78, 5) is 11.1. The normalized spacial score (nSPS) is 12.1. The monoisotopic (exact) mass is 230 g/mol. The van der Waals surface area contributed by atoms with E-state index in [1.807, 2.05) is 0 Å². The molecule has 0 aliphatic heterocycles. The lowest BCUT2D eigenvalue weighted by atomic mass is 9.91. The summed E-state index contributed by atoms with van der Waals surface area (Å²) in [7, 11) is 0. The first-order valence-corrected chi connectivity index (χ1v) is 5.21. The van der Waals surface area contributed by atoms with Crippen LogP contribution < -0.4 is 0 Å². The fourth-order valence-electron chi connectivity index (χ4n) is 1.79. The van der Waals surface area contributed by atoms with E-state index in [0.717, 1.165) is 0 Å². The number of rotatable bonds is 3. The Hall–Kier alpha value is -2.16. The average Bonchev–Trinajstić information content (AvgIpc) is 2.34. The summed E-state index contributed by atoms with van der Waals surface area (Å²) >= 11 is 0. The van der Waals surface area contributed by atoms with E-state index in [0.29, 0.717) is 11.8 Å². The first-order chi connectivity index (χ1) is 8.24. The second-order valence-corrected chi connectivity index (χ2v) is 3.69. The Bertz CT molecular complexity index is 492. The SMILES string of the molecule is O=CC(c1ccccc1O)c1ccccc1F. The van der Waals surface area contributed by atoms with Gasteiger partial charge in [-0.3, -0.25) is 0 Å². The van der Waals surface area contributed by atoms with E-state index >= 15 is 0 Å². The molecule has 17 heavy (non-hydrogen) atoms. The Morgan fingerprint density at radius 2 is 1.59 bits per heavy atom. The van der Waals surface area contributed by atoms with Crippen LogP contribution >= 0.6 is 0 Å². The van der Waals surface area contributed by atoms with Crippen LogP contribution in [0.2, 0.25) is 0 Å². The highest BCUT2D eigenvalue weighted by Crippen LogP contribution is 2.30. The molecule has 1 atom stereocenters. The number of carbonyl (C=O) groups excluding carboxylic acids is 1. The molecule has 0 aromatic heterocycles. The number of halogens is 1. The van der Waals surface area contributed by atoms with Crippen molar-refractivity contribution >= 4 is 6.29 Å². The predicted molar refractivity (Wildman–Crippen MR) is 62.4 cm³/mol. The molecule has 0 spiro atoms. The maximum absolute atomic E-state index is 13.6. The van der Waals surface area contributed by atoms with Gasteiger partial charge in [-0.15, -0.1) is 0 Å². The number of phenolic OH excluding ortho intramolecular Hbond substituents is 1. The molecule has 0 aliphatic carbocycles. The van der Waals surface area contributed by atoms with Crippen LogP contribution in [0.5, 0.6) is 5.75 Å². The number of hydrogen-bond acceptors (Lipinski definition) is 2. The smallest absolute Gasteiger partial charge is 0.132 e. The van der Waals surface area contributed by atoms with Gasteiger partial charge in [0.2, 0.25) is 0 Å². The summed E-state index contributed by atoms with van der Waals surface area (Å²) < 4.78 is 13.6. The van der Waals surface area contributed by atoms with E-state index in [4.69, 9.17) is 0 Å². The van der Waals surface area contributed by atoms with Crippen LogP contribution in [-0.2, 0) is 4.79 Å². The first-order valence-electron chi connectivity index (χ1n) is 5.21. The van der Waals surface area contributed by atoms with Gasteiger partial charge in [-0.2, -0.15) is 0 Å². The van der Waals surface area contributed by atoms with E-state index < -0.39 is 11.7 Å². The summed E-state index contributed by atoms with van der Waals surface area (Å²) in [6.45, 7) is 0. The van der Waals surface area contributed by atoms with Crippen LogP contribution in [0.1, 0.15) is 17.0 Å². The van der Waals surface area contributed by atoms with Gasteiger partial charge in [0, 0.05) is 11.1 Å². The molecule has 2 nitrogen and oxygen atoms in total. The van der Waals surface area contributed by atoms with E-state index in [2.05, 4.69) is 0 Å². The van der Waals surface area contributed by atoms with Crippen molar-refractivity contribution in [2.75, 3.05) is 0 Å². The van der Waals surface area contributed by atoms with E-state index in [1.165, 1.54) is 12.1 Å². The first kappa shape index (κ1) is 11.3. The summed E-state index contributed by atoms with van der Waals surface area (Å²) in [5.41, 5.74) is 0.677. The molecule has 0 bridgehead atoms. The van der Waals surface area contributed by atoms with Crippen LogP contribution in [0.15, 0.2) is 48.5 Å². The van der Waals surface area contributed by atoms with Crippen LogP contribution in [0.4, 0.5) is 4.39 Å². The third-order valence-electron chi connectivity index (χ3n) is 2.65. The second kappa shape index (κ2) is 4.78. The van der Waals surface area contributed by atoms with Crippen molar-refractivity contribution in [1.82, 2.24) is 0 Å². The molecule has 0 saturated carbocycles. The minimum Gasteiger partial charge on any atom is -0.508 e. The number of aromatic hydroxyl groups is 1. The standard InChI is InChI=1S/C14H11FO2/c15-13-7-3-1-5-10(13)12(9-16)11-6-2-4-8-14(11)17/h1-9,12,17H. The van der Waals surface area contributed by atoms with Gasteiger partial charge in [0.05, 0.1) is 5.92 Å². The van der Waals surface area contributed by atoms with Crippen LogP contribution in [0.25, 0.3) is 0 Å². The summed E-state index contributed by atoms with van der Waals surface area (Å²) in [5.74, 6) is -1.24. The van der Waals surface area contributed by atoms with Gasteiger partial charge in [-0.25, -0.2) is 4.39 Å². The Morgan fingerprint density at radius 1 is 1.00 bits per heavy atom. The van der Waals surface area contributed by atoms with Gasteiger partial charge in [0.25, 0.3) is 0 Å². The molecule has 2 aromatic rings. The van der Waals surface area contributed by atoms with Crippen molar-refractivity contribution in [3.8, 4) is 5.75 Å². The second-order valence-electron chi connectivity index (χ2n) is 3.69. The highest BCUT2D eigenvalue weighted by Gasteiger charge is 2.19. The number of aldehydes is 1. The molecule has 2 aromatic carbocycles. The Morgan fingerprint density at radius 3 is 2.18 bits per heavy atom. The van der Waals surface area contributed by atoms with Crippen molar-refractivity contribution in [2.45, 2.75) is 5.92 Å². The lowest BCUT2D eigenvalue weighted by molar-refractivity contribution is -0.108. The Balaban J connectivity index is 2.52. The van der Waals surface area contributed by atoms with Crippen LogP contribution in [0.3, 0.4) is 0 Å². The van der Waals surface area contributed by atoms with E-state index in [9.17, 15) is 14.3 Å². The average molecular weight is 230 g/mol. The molecule has 2 rings (SSSR count). The topological polar surface area (TPSA) is 37.3 Å². The van der Waals surface area contributed by atoms with Crippen molar-refractivity contribution < 1.29 is 14.3 Å². The van der Waals surface area contributed by atoms with Gasteiger partial charge in [0.1, 0.15) is 17.9 Å². The lowest BCUT2D eigenvalue weighted by Gasteiger charge is -2.13. The zero-order valence-corrected chi connectivity index (χ0v) is 9.01. The molecule has 3 heteroatoms. The van der Waals surface area contributed by atoms with Crippen LogP contribution in [0, 0.1) is 5.82 Å². The number of hydrogen-bond donors (Lipinski definition) is 1. The maximum Gasteiger partial charge on any atom is 0.132 e. The highest BCUT2D eigenvalue weighted by atomic mass is 19.1. The largest absolute Gasteiger partial charge is 0.508 e. The van der Waals surface area contributed by atoms with Crippen molar-refractivity contribution in [3.63, 3.8) is 0 Å².